The van der Waals surface area contributed by atoms with Crippen molar-refractivity contribution in [1.29, 1.82) is 5.41 Å². The first-order valence-corrected chi connectivity index (χ1v) is 11.9. The van der Waals surface area contributed by atoms with E-state index in [2.05, 4.69) is 11.9 Å². The molecule has 1 fully saturated rings. The normalized spacial score (nSPS) is 15.1. The van der Waals surface area contributed by atoms with Crippen molar-refractivity contribution in [3.8, 4) is 5.75 Å². The van der Waals surface area contributed by atoms with Crippen molar-refractivity contribution in [2.45, 2.75) is 44.6 Å². The molecular formula is C25H33N3O2S. The lowest BCUT2D eigenvalue weighted by Gasteiger charge is -2.24. The predicted octanol–water partition coefficient (Wildman–Crippen LogP) is 5.24. The zero-order valence-electron chi connectivity index (χ0n) is 18.6. The smallest absolute Gasteiger partial charge is 0.133 e. The lowest BCUT2D eigenvalue weighted by molar-refractivity contribution is 0.162. The quantitative estimate of drug-likeness (QED) is 0.326. The van der Waals surface area contributed by atoms with Gasteiger partial charge in [-0.1, -0.05) is 50.8 Å². The van der Waals surface area contributed by atoms with E-state index in [0.717, 1.165) is 37.1 Å². The number of nitrogen functional groups attached to an aromatic ring is 1. The number of rotatable bonds is 6. The molecule has 31 heavy (non-hydrogen) atoms. The van der Waals surface area contributed by atoms with Gasteiger partial charge in [-0.15, -0.1) is 0 Å². The van der Waals surface area contributed by atoms with Crippen LogP contribution in [-0.2, 0) is 10.8 Å². The van der Waals surface area contributed by atoms with Gasteiger partial charge in [0.05, 0.1) is 4.90 Å². The van der Waals surface area contributed by atoms with Gasteiger partial charge >= 0.3 is 0 Å². The van der Waals surface area contributed by atoms with Gasteiger partial charge in [-0.25, -0.2) is 4.21 Å². The van der Waals surface area contributed by atoms with E-state index >= 15 is 0 Å². The Hall–Kier alpha value is -2.70. The second-order valence-corrected chi connectivity index (χ2v) is 8.26. The van der Waals surface area contributed by atoms with Crippen LogP contribution in [-0.4, -0.2) is 28.4 Å². The minimum atomic E-state index is -1.69. The third kappa shape index (κ3) is 6.15. The molecule has 1 heterocycles. The highest BCUT2D eigenvalue weighted by Crippen LogP contribution is 2.27. The molecule has 0 aliphatic carbocycles. The third-order valence-electron chi connectivity index (χ3n) is 4.90. The number of hydrogen-bond donors (Lipinski definition) is 3. The maximum absolute atomic E-state index is 13.3. The highest BCUT2D eigenvalue weighted by molar-refractivity contribution is 8.01. The van der Waals surface area contributed by atoms with Crippen LogP contribution in [0.2, 0.25) is 0 Å². The fraction of sp³-hybridized carbons (Fsp3) is 0.320. The van der Waals surface area contributed by atoms with E-state index in [0.29, 0.717) is 21.9 Å². The highest BCUT2D eigenvalue weighted by Gasteiger charge is 2.20. The van der Waals surface area contributed by atoms with Crippen molar-refractivity contribution < 1.29 is 8.95 Å². The van der Waals surface area contributed by atoms with E-state index in [4.69, 9.17) is 15.9 Å². The summed E-state index contributed by atoms with van der Waals surface area (Å²) in [6.07, 6.45) is 7.50. The second-order valence-electron chi connectivity index (χ2n) is 6.88. The summed E-state index contributed by atoms with van der Waals surface area (Å²) in [4.78, 5) is 0.564. The van der Waals surface area contributed by atoms with Crippen molar-refractivity contribution in [3.05, 3.63) is 65.7 Å². The molecule has 5 nitrogen and oxygen atoms in total. The maximum atomic E-state index is 13.3. The van der Waals surface area contributed by atoms with Gasteiger partial charge < -0.3 is 15.8 Å². The molecule has 0 amide bonds. The zero-order chi connectivity index (χ0) is 22.8. The van der Waals surface area contributed by atoms with Crippen molar-refractivity contribution in [2.75, 3.05) is 18.8 Å². The van der Waals surface area contributed by atoms with Crippen molar-refractivity contribution in [2.24, 2.45) is 0 Å². The van der Waals surface area contributed by atoms with Gasteiger partial charge in [-0.3, -0.25) is 5.41 Å². The Labute approximate surface area is 188 Å². The molecule has 1 atom stereocenters. The van der Waals surface area contributed by atoms with E-state index in [1.54, 1.807) is 30.3 Å². The van der Waals surface area contributed by atoms with Gasteiger partial charge in [0.1, 0.15) is 27.7 Å². The van der Waals surface area contributed by atoms with Crippen molar-refractivity contribution in [1.82, 2.24) is 5.32 Å². The van der Waals surface area contributed by atoms with Crippen LogP contribution in [0.15, 0.2) is 53.9 Å². The number of ether oxygens (including phenoxy) is 1. The average Bonchev–Trinajstić information content (AvgIpc) is 2.81. The molecule has 6 heteroatoms. The van der Waals surface area contributed by atoms with Gasteiger partial charge in [-0.05, 0) is 68.2 Å². The first kappa shape index (κ1) is 24.6. The third-order valence-corrected chi connectivity index (χ3v) is 6.24. The number of piperidine rings is 1. The van der Waals surface area contributed by atoms with Crippen LogP contribution in [0.25, 0.3) is 12.2 Å². The average molecular weight is 440 g/mol. The molecule has 2 aromatic rings. The molecular weight excluding hydrogens is 406 g/mol. The number of anilines is 1. The summed E-state index contributed by atoms with van der Waals surface area (Å²) >= 11 is 0. The Morgan fingerprint density at radius 2 is 1.97 bits per heavy atom. The number of nitrogens with one attached hydrogen (secondary N) is 2. The van der Waals surface area contributed by atoms with Gasteiger partial charge in [-0.2, -0.15) is 0 Å². The largest absolute Gasteiger partial charge is 0.490 e. The molecule has 1 unspecified atom stereocenters. The van der Waals surface area contributed by atoms with Crippen LogP contribution in [0.5, 0.6) is 5.75 Å². The summed E-state index contributed by atoms with van der Waals surface area (Å²) in [5, 5.41) is 11.9. The van der Waals surface area contributed by atoms with E-state index in [9.17, 15) is 4.21 Å². The van der Waals surface area contributed by atoms with Crippen LogP contribution < -0.4 is 15.8 Å². The number of nitrogens with two attached hydrogens (primary N) is 1. The molecule has 0 bridgehead atoms. The Morgan fingerprint density at radius 3 is 2.61 bits per heavy atom. The topological polar surface area (TPSA) is 88.2 Å². The molecule has 0 spiro atoms. The number of allylic oxidation sites excluding steroid dienone is 1. The Kier molecular flexibility index (Phi) is 9.69. The SMILES string of the molecule is C=Cc1cccc(S(=O)C(=N)c2cc(OC3CCNCC3)ccc2N)c1/C=C\C.CC. The molecule has 1 aliphatic heterocycles. The van der Waals surface area contributed by atoms with Crippen LogP contribution in [0.4, 0.5) is 5.69 Å². The number of hydrogen-bond acceptors (Lipinski definition) is 5. The molecule has 0 saturated carbocycles. The lowest BCUT2D eigenvalue weighted by Crippen LogP contribution is -2.34. The molecule has 166 valence electrons. The van der Waals surface area contributed by atoms with Crippen LogP contribution in [0.3, 0.4) is 0 Å². The molecule has 2 aromatic carbocycles. The second kappa shape index (κ2) is 12.2. The molecule has 1 aliphatic rings. The molecule has 1 saturated heterocycles. The predicted molar refractivity (Wildman–Crippen MR) is 133 cm³/mol. The summed E-state index contributed by atoms with van der Waals surface area (Å²) in [7, 11) is -1.69. The summed E-state index contributed by atoms with van der Waals surface area (Å²) < 4.78 is 19.3. The van der Waals surface area contributed by atoms with Crippen molar-refractivity contribution >= 4 is 33.7 Å². The van der Waals surface area contributed by atoms with Crippen LogP contribution in [0, 0.1) is 5.41 Å². The Balaban J connectivity index is 0.00000166. The molecule has 4 N–H and O–H groups in total. The van der Waals surface area contributed by atoms with E-state index in [1.165, 1.54) is 0 Å². The standard InChI is InChI=1S/C23H27N3O2S.C2H6/c1-3-6-19-16(4-2)7-5-8-22(19)29(27)23(25)20-15-18(9-10-21(20)24)28-17-11-13-26-14-12-17;1-2/h3-10,15,17,25-26H,2,11-14,24H2,1H3;1-2H3/b6-3-,25-23?;. The minimum Gasteiger partial charge on any atom is -0.490 e. The lowest BCUT2D eigenvalue weighted by atomic mass is 10.1. The van der Waals surface area contributed by atoms with E-state index < -0.39 is 10.8 Å². The Morgan fingerprint density at radius 1 is 1.26 bits per heavy atom. The fourth-order valence-electron chi connectivity index (χ4n) is 3.37. The fourth-order valence-corrected chi connectivity index (χ4v) is 4.55. The minimum absolute atomic E-state index is 0.0368. The van der Waals surface area contributed by atoms with Crippen LogP contribution in [0.1, 0.15) is 50.3 Å². The van der Waals surface area contributed by atoms with Gasteiger partial charge in [0.15, 0.2) is 0 Å². The number of benzene rings is 2. The summed E-state index contributed by atoms with van der Waals surface area (Å²) in [5.74, 6) is 0.649. The van der Waals surface area contributed by atoms with E-state index in [-0.39, 0.29) is 11.1 Å². The maximum Gasteiger partial charge on any atom is 0.133 e. The van der Waals surface area contributed by atoms with Crippen LogP contribution >= 0.6 is 0 Å². The highest BCUT2D eigenvalue weighted by atomic mass is 32.2. The summed E-state index contributed by atoms with van der Waals surface area (Å²) in [6.45, 7) is 11.6. The van der Waals surface area contributed by atoms with Crippen molar-refractivity contribution in [3.63, 3.8) is 0 Å². The first-order chi connectivity index (χ1) is 15.0. The first-order valence-electron chi connectivity index (χ1n) is 10.7. The van der Waals surface area contributed by atoms with Gasteiger partial charge in [0.25, 0.3) is 0 Å². The molecule has 0 radical (unpaired) electrons. The molecule has 0 aromatic heterocycles. The van der Waals surface area contributed by atoms with Gasteiger partial charge in [0.2, 0.25) is 0 Å². The van der Waals surface area contributed by atoms with E-state index in [1.807, 2.05) is 45.1 Å². The van der Waals surface area contributed by atoms with Gasteiger partial charge in [0, 0.05) is 11.3 Å². The molecule has 3 rings (SSSR count). The monoisotopic (exact) mass is 439 g/mol. The summed E-state index contributed by atoms with van der Waals surface area (Å²) in [6, 6.07) is 10.8. The summed E-state index contributed by atoms with van der Waals surface area (Å²) in [5.41, 5.74) is 8.64. The zero-order valence-corrected chi connectivity index (χ0v) is 19.4. The Bertz CT molecular complexity index is 963.